The van der Waals surface area contributed by atoms with Crippen LogP contribution in [0.25, 0.3) is 0 Å². The summed E-state index contributed by atoms with van der Waals surface area (Å²) in [7, 11) is 0. The van der Waals surface area contributed by atoms with Crippen LogP contribution in [0.5, 0.6) is 5.75 Å². The van der Waals surface area contributed by atoms with Gasteiger partial charge in [-0.3, -0.25) is 5.43 Å². The lowest BCUT2D eigenvalue weighted by Gasteiger charge is -2.06. The second kappa shape index (κ2) is 10.5. The number of pyridine rings is 1. The van der Waals surface area contributed by atoms with Crippen LogP contribution in [-0.4, -0.2) is 17.8 Å². The molecule has 2 aromatic rings. The fourth-order valence-corrected chi connectivity index (χ4v) is 2.60. The topological polar surface area (TPSA) is 46.5 Å². The van der Waals surface area contributed by atoms with Crippen molar-refractivity contribution in [2.75, 3.05) is 12.0 Å². The van der Waals surface area contributed by atoms with Crippen molar-refractivity contribution in [3.63, 3.8) is 0 Å². The first-order valence-corrected chi connectivity index (χ1v) is 9.27. The minimum absolute atomic E-state index is 0.171. The summed E-state index contributed by atoms with van der Waals surface area (Å²) in [4.78, 5) is 4.03. The molecule has 1 N–H and O–H groups in total. The van der Waals surface area contributed by atoms with Gasteiger partial charge in [-0.2, -0.15) is 5.10 Å². The number of ether oxygens (including phenoxy) is 1. The van der Waals surface area contributed by atoms with E-state index in [4.69, 9.17) is 39.5 Å². The molecule has 0 spiro atoms. The smallest absolute Gasteiger partial charge is 0.166 e. The molecule has 0 amide bonds. The van der Waals surface area contributed by atoms with Gasteiger partial charge in [-0.25, -0.2) is 4.98 Å². The Bertz CT molecular complexity index is 705. The van der Waals surface area contributed by atoms with E-state index in [2.05, 4.69) is 22.4 Å². The Morgan fingerprint density at radius 2 is 1.84 bits per heavy atom. The molecular weight excluding hydrogens is 381 g/mol. The molecule has 2 rings (SSSR count). The fourth-order valence-electron chi connectivity index (χ4n) is 2.06. The van der Waals surface area contributed by atoms with Crippen molar-refractivity contribution in [1.29, 1.82) is 0 Å². The molecule has 0 aliphatic heterocycles. The summed E-state index contributed by atoms with van der Waals surface area (Å²) >= 11 is 17.7. The van der Waals surface area contributed by atoms with Gasteiger partial charge in [0.25, 0.3) is 0 Å². The number of rotatable bonds is 9. The van der Waals surface area contributed by atoms with Gasteiger partial charge in [-0.15, -0.1) is 0 Å². The van der Waals surface area contributed by atoms with E-state index in [0.29, 0.717) is 15.9 Å². The number of benzene rings is 1. The molecule has 0 bridgehead atoms. The number of nitrogens with zero attached hydrogens (tertiary/aromatic N) is 2. The molecular formula is C18H20Cl3N3O. The first-order valence-electron chi connectivity index (χ1n) is 8.13. The maximum atomic E-state index is 6.03. The first kappa shape index (κ1) is 19.8. The third-order valence-electron chi connectivity index (χ3n) is 3.42. The highest BCUT2D eigenvalue weighted by Gasteiger charge is 2.06. The standard InChI is InChI=1S/C18H20Cl3N3O/c1-2-3-4-5-10-25-14-8-6-13(7-9-14)12-22-24-18-16(20)11-15(19)17(21)23-18/h6-9,11-12H,2-5,10H2,1H3,(H,23,24). The van der Waals surface area contributed by atoms with Crippen LogP contribution in [0.3, 0.4) is 0 Å². The van der Waals surface area contributed by atoms with Crippen molar-refractivity contribution in [2.45, 2.75) is 32.6 Å². The van der Waals surface area contributed by atoms with E-state index in [1.807, 2.05) is 24.3 Å². The largest absolute Gasteiger partial charge is 0.494 e. The van der Waals surface area contributed by atoms with Gasteiger partial charge in [0.2, 0.25) is 0 Å². The molecule has 0 aliphatic carbocycles. The maximum absolute atomic E-state index is 6.03. The van der Waals surface area contributed by atoms with Gasteiger partial charge in [-0.1, -0.05) is 61.0 Å². The number of unbranched alkanes of at least 4 members (excludes halogenated alkanes) is 3. The van der Waals surface area contributed by atoms with Crippen molar-refractivity contribution in [1.82, 2.24) is 4.98 Å². The Balaban J connectivity index is 1.84. The van der Waals surface area contributed by atoms with Crippen molar-refractivity contribution in [3.05, 3.63) is 51.1 Å². The lowest BCUT2D eigenvalue weighted by molar-refractivity contribution is 0.305. The van der Waals surface area contributed by atoms with Crippen LogP contribution < -0.4 is 10.2 Å². The van der Waals surface area contributed by atoms with Crippen LogP contribution in [0.2, 0.25) is 15.2 Å². The molecule has 7 heteroatoms. The molecule has 0 saturated carbocycles. The summed E-state index contributed by atoms with van der Waals surface area (Å²) in [5.41, 5.74) is 3.67. The average molecular weight is 401 g/mol. The number of hydrazone groups is 1. The Morgan fingerprint density at radius 3 is 2.56 bits per heavy atom. The number of nitrogens with one attached hydrogen (secondary N) is 1. The number of anilines is 1. The quantitative estimate of drug-likeness (QED) is 0.228. The zero-order chi connectivity index (χ0) is 18.1. The summed E-state index contributed by atoms with van der Waals surface area (Å²) in [6.07, 6.45) is 6.43. The van der Waals surface area contributed by atoms with Crippen molar-refractivity contribution >= 4 is 46.8 Å². The van der Waals surface area contributed by atoms with E-state index in [9.17, 15) is 0 Å². The Morgan fingerprint density at radius 1 is 1.08 bits per heavy atom. The molecule has 1 heterocycles. The lowest BCUT2D eigenvalue weighted by atomic mass is 10.2. The molecule has 1 aromatic carbocycles. The van der Waals surface area contributed by atoms with Crippen LogP contribution in [0.4, 0.5) is 5.82 Å². The van der Waals surface area contributed by atoms with E-state index in [1.165, 1.54) is 25.3 Å². The molecule has 0 radical (unpaired) electrons. The SMILES string of the molecule is CCCCCCOc1ccc(C=NNc2nc(Cl)c(Cl)cc2Cl)cc1. The third-order valence-corrected chi connectivity index (χ3v) is 4.38. The highest BCUT2D eigenvalue weighted by Crippen LogP contribution is 2.28. The summed E-state index contributed by atoms with van der Waals surface area (Å²) in [5, 5.41) is 4.92. The maximum Gasteiger partial charge on any atom is 0.166 e. The predicted octanol–water partition coefficient (Wildman–Crippen LogP) is 6.45. The summed E-state index contributed by atoms with van der Waals surface area (Å²) in [5.74, 6) is 1.20. The van der Waals surface area contributed by atoms with Crippen LogP contribution in [0, 0.1) is 0 Å². The molecule has 0 aliphatic rings. The van der Waals surface area contributed by atoms with Crippen LogP contribution in [0.15, 0.2) is 35.4 Å². The zero-order valence-electron chi connectivity index (χ0n) is 13.9. The predicted molar refractivity (Wildman–Crippen MR) is 107 cm³/mol. The van der Waals surface area contributed by atoms with E-state index in [-0.39, 0.29) is 5.15 Å². The summed E-state index contributed by atoms with van der Waals surface area (Å²) in [6.45, 7) is 2.94. The molecule has 0 atom stereocenters. The van der Waals surface area contributed by atoms with E-state index < -0.39 is 0 Å². The van der Waals surface area contributed by atoms with Crippen molar-refractivity contribution in [3.8, 4) is 5.75 Å². The second-order valence-electron chi connectivity index (χ2n) is 5.44. The van der Waals surface area contributed by atoms with Crippen LogP contribution >= 0.6 is 34.8 Å². The average Bonchev–Trinajstić information content (AvgIpc) is 2.60. The molecule has 134 valence electrons. The zero-order valence-corrected chi connectivity index (χ0v) is 16.2. The van der Waals surface area contributed by atoms with Gasteiger partial charge in [-0.05, 0) is 42.3 Å². The fraction of sp³-hybridized carbons (Fsp3) is 0.333. The van der Waals surface area contributed by atoms with Gasteiger partial charge < -0.3 is 4.74 Å². The molecule has 25 heavy (non-hydrogen) atoms. The Hall–Kier alpha value is -1.49. The molecule has 0 fully saturated rings. The van der Waals surface area contributed by atoms with E-state index in [0.717, 1.165) is 24.3 Å². The van der Waals surface area contributed by atoms with Crippen LogP contribution in [0.1, 0.15) is 38.2 Å². The number of halogens is 3. The highest BCUT2D eigenvalue weighted by atomic mass is 35.5. The summed E-state index contributed by atoms with van der Waals surface area (Å²) in [6, 6.07) is 9.22. The first-order chi connectivity index (χ1) is 12.1. The number of aromatic nitrogens is 1. The van der Waals surface area contributed by atoms with Gasteiger partial charge in [0, 0.05) is 0 Å². The molecule has 1 aromatic heterocycles. The van der Waals surface area contributed by atoms with Gasteiger partial charge in [0.05, 0.1) is 22.9 Å². The van der Waals surface area contributed by atoms with E-state index >= 15 is 0 Å². The molecule has 0 unspecified atom stereocenters. The van der Waals surface area contributed by atoms with Crippen molar-refractivity contribution in [2.24, 2.45) is 5.10 Å². The van der Waals surface area contributed by atoms with Gasteiger partial charge in [0.15, 0.2) is 5.82 Å². The highest BCUT2D eigenvalue weighted by molar-refractivity contribution is 6.42. The minimum atomic E-state index is 0.171. The number of hydrogen-bond acceptors (Lipinski definition) is 4. The van der Waals surface area contributed by atoms with E-state index in [1.54, 1.807) is 6.21 Å². The molecule has 0 saturated heterocycles. The molecule has 4 nitrogen and oxygen atoms in total. The lowest BCUT2D eigenvalue weighted by Crippen LogP contribution is -1.98. The van der Waals surface area contributed by atoms with Gasteiger partial charge >= 0.3 is 0 Å². The summed E-state index contributed by atoms with van der Waals surface area (Å²) < 4.78 is 5.71. The number of hydrogen-bond donors (Lipinski definition) is 1. The minimum Gasteiger partial charge on any atom is -0.494 e. The monoisotopic (exact) mass is 399 g/mol. The van der Waals surface area contributed by atoms with Crippen molar-refractivity contribution < 1.29 is 4.74 Å². The third kappa shape index (κ3) is 6.73. The van der Waals surface area contributed by atoms with Gasteiger partial charge in [0.1, 0.15) is 10.9 Å². The Labute approximate surface area is 163 Å². The normalized spacial score (nSPS) is 11.0. The Kier molecular flexibility index (Phi) is 8.32. The van der Waals surface area contributed by atoms with Crippen LogP contribution in [-0.2, 0) is 0 Å². The second-order valence-corrected chi connectivity index (χ2v) is 6.61.